The third-order valence-corrected chi connectivity index (χ3v) is 5.34. The van der Waals surface area contributed by atoms with E-state index in [1.165, 1.54) is 37.1 Å². The quantitative estimate of drug-likeness (QED) is 0.812. The second-order valence-electron chi connectivity index (χ2n) is 7.66. The van der Waals surface area contributed by atoms with E-state index in [1.807, 2.05) is 0 Å². The average Bonchev–Trinajstić information content (AvgIpc) is 3.47. The van der Waals surface area contributed by atoms with E-state index in [0.717, 1.165) is 12.4 Å². The van der Waals surface area contributed by atoms with Crippen LogP contribution < -0.4 is 0 Å². The summed E-state index contributed by atoms with van der Waals surface area (Å²) in [4.78, 5) is 2.39. The third kappa shape index (κ3) is 2.80. The zero-order valence-electron chi connectivity index (χ0n) is 14.4. The Balaban J connectivity index is 1.62. The Morgan fingerprint density at radius 1 is 1.09 bits per heavy atom. The molecule has 2 aliphatic carbocycles. The minimum atomic E-state index is -0.126. The molecule has 0 bridgehead atoms. The number of benzene rings is 1. The molecule has 122 valence electrons. The zero-order chi connectivity index (χ0) is 16.0. The summed E-state index contributed by atoms with van der Waals surface area (Å²) in [7, 11) is 2.19. The van der Waals surface area contributed by atoms with Crippen LogP contribution in [-0.4, -0.2) is 26.7 Å². The molecular weight excluding hydrogens is 284 g/mol. The fraction of sp³-hybridized carbons (Fsp3) is 0.579. The lowest BCUT2D eigenvalue weighted by Crippen LogP contribution is -2.40. The first-order chi connectivity index (χ1) is 11.1. The molecular formula is C19H26N4. The Bertz CT molecular complexity index is 681. The molecule has 1 aromatic carbocycles. The van der Waals surface area contributed by atoms with Gasteiger partial charge in [0.2, 0.25) is 0 Å². The van der Waals surface area contributed by atoms with Crippen LogP contribution in [0.15, 0.2) is 30.3 Å². The molecule has 0 amide bonds. The molecule has 2 aliphatic rings. The second-order valence-corrected chi connectivity index (χ2v) is 7.66. The van der Waals surface area contributed by atoms with Gasteiger partial charge in [-0.2, -0.15) is 0 Å². The van der Waals surface area contributed by atoms with Crippen molar-refractivity contribution in [1.29, 1.82) is 0 Å². The molecule has 4 nitrogen and oxygen atoms in total. The zero-order valence-corrected chi connectivity index (χ0v) is 14.4. The fourth-order valence-corrected chi connectivity index (χ4v) is 3.26. The van der Waals surface area contributed by atoms with E-state index in [0.29, 0.717) is 12.0 Å². The third-order valence-electron chi connectivity index (χ3n) is 5.34. The average molecular weight is 310 g/mol. The predicted molar refractivity (Wildman–Crippen MR) is 91.2 cm³/mol. The lowest BCUT2D eigenvalue weighted by Gasteiger charge is -2.35. The highest BCUT2D eigenvalue weighted by Gasteiger charge is 2.41. The number of aromatic nitrogens is 3. The first kappa shape index (κ1) is 14.9. The van der Waals surface area contributed by atoms with Crippen LogP contribution in [0.3, 0.4) is 0 Å². The Labute approximate surface area is 138 Å². The monoisotopic (exact) mass is 310 g/mol. The van der Waals surface area contributed by atoms with E-state index in [2.05, 4.69) is 70.9 Å². The number of nitrogens with zero attached hydrogens (tertiary/aromatic N) is 4. The van der Waals surface area contributed by atoms with Crippen LogP contribution in [0.5, 0.6) is 0 Å². The summed E-state index contributed by atoms with van der Waals surface area (Å²) in [6.45, 7) is 5.47. The van der Waals surface area contributed by atoms with Crippen molar-refractivity contribution in [3.8, 4) is 0 Å². The Morgan fingerprint density at radius 3 is 2.39 bits per heavy atom. The van der Waals surface area contributed by atoms with Crippen LogP contribution in [0.4, 0.5) is 0 Å². The largest absolute Gasteiger partial charge is 0.310 e. The van der Waals surface area contributed by atoms with Gasteiger partial charge in [-0.25, -0.2) is 0 Å². The van der Waals surface area contributed by atoms with Crippen LogP contribution in [0.2, 0.25) is 0 Å². The van der Waals surface area contributed by atoms with E-state index in [9.17, 15) is 0 Å². The molecule has 0 unspecified atom stereocenters. The van der Waals surface area contributed by atoms with E-state index in [1.54, 1.807) is 0 Å². The predicted octanol–water partition coefficient (Wildman–Crippen LogP) is 3.86. The Kier molecular flexibility index (Phi) is 3.52. The van der Waals surface area contributed by atoms with Crippen molar-refractivity contribution in [1.82, 2.24) is 19.7 Å². The maximum atomic E-state index is 4.64. The van der Waals surface area contributed by atoms with Gasteiger partial charge in [-0.1, -0.05) is 30.3 Å². The maximum absolute atomic E-state index is 4.64. The molecule has 0 N–H and O–H groups in total. The molecule has 0 radical (unpaired) electrons. The molecule has 23 heavy (non-hydrogen) atoms. The van der Waals surface area contributed by atoms with Crippen LogP contribution in [0, 0.1) is 0 Å². The lowest BCUT2D eigenvalue weighted by atomic mass is 10.0. The van der Waals surface area contributed by atoms with Crippen molar-refractivity contribution in [3.63, 3.8) is 0 Å². The first-order valence-corrected chi connectivity index (χ1v) is 8.78. The van der Waals surface area contributed by atoms with Crippen molar-refractivity contribution in [2.75, 3.05) is 7.05 Å². The number of hydrogen-bond donors (Lipinski definition) is 0. The smallest absolute Gasteiger partial charge is 0.153 e. The number of hydrogen-bond acceptors (Lipinski definition) is 3. The molecule has 0 saturated heterocycles. The van der Waals surface area contributed by atoms with Gasteiger partial charge in [0.05, 0.1) is 5.54 Å². The van der Waals surface area contributed by atoms with Crippen molar-refractivity contribution in [3.05, 3.63) is 47.5 Å². The molecule has 2 aromatic rings. The lowest BCUT2D eigenvalue weighted by molar-refractivity contribution is 0.133. The minimum absolute atomic E-state index is 0.126. The molecule has 4 heteroatoms. The summed E-state index contributed by atoms with van der Waals surface area (Å²) in [5.74, 6) is 3.04. The summed E-state index contributed by atoms with van der Waals surface area (Å²) >= 11 is 0. The summed E-state index contributed by atoms with van der Waals surface area (Å²) in [6.07, 6.45) is 5.13. The summed E-state index contributed by atoms with van der Waals surface area (Å²) in [5.41, 5.74) is 1.21. The van der Waals surface area contributed by atoms with Gasteiger partial charge < -0.3 is 4.57 Å². The van der Waals surface area contributed by atoms with Crippen molar-refractivity contribution in [2.45, 2.75) is 63.6 Å². The summed E-state index contributed by atoms with van der Waals surface area (Å²) in [5, 5.41) is 9.23. The highest BCUT2D eigenvalue weighted by molar-refractivity contribution is 5.18. The fourth-order valence-electron chi connectivity index (χ4n) is 3.26. The van der Waals surface area contributed by atoms with Crippen molar-refractivity contribution >= 4 is 0 Å². The van der Waals surface area contributed by atoms with E-state index >= 15 is 0 Å². The maximum Gasteiger partial charge on any atom is 0.153 e. The number of rotatable bonds is 6. The topological polar surface area (TPSA) is 34.0 Å². The SMILES string of the molecule is CN(Cc1ccccc1)C(C)(C)c1nnc(C2CC2)n1C1CC1. The molecule has 1 aromatic heterocycles. The van der Waals surface area contributed by atoms with Gasteiger partial charge in [0.15, 0.2) is 5.82 Å². The highest BCUT2D eigenvalue weighted by Crippen LogP contribution is 2.46. The molecule has 0 atom stereocenters. The van der Waals surface area contributed by atoms with Crippen molar-refractivity contribution in [2.24, 2.45) is 0 Å². The van der Waals surface area contributed by atoms with Gasteiger partial charge in [-0.3, -0.25) is 4.90 Å². The first-order valence-electron chi connectivity index (χ1n) is 8.78. The van der Waals surface area contributed by atoms with E-state index < -0.39 is 0 Å². The van der Waals surface area contributed by atoms with Crippen LogP contribution in [0.1, 0.15) is 68.7 Å². The van der Waals surface area contributed by atoms with E-state index in [-0.39, 0.29) is 5.54 Å². The standard InChI is InChI=1S/C19H26N4/c1-19(2,22(3)13-14-7-5-4-6-8-14)18-21-20-17(15-9-10-15)23(18)16-11-12-16/h4-8,15-16H,9-13H2,1-3H3. The Morgan fingerprint density at radius 2 is 1.78 bits per heavy atom. The van der Waals surface area contributed by atoms with Crippen LogP contribution >= 0.6 is 0 Å². The van der Waals surface area contributed by atoms with Gasteiger partial charge in [-0.15, -0.1) is 10.2 Å². The van der Waals surface area contributed by atoms with Crippen LogP contribution in [0.25, 0.3) is 0 Å². The second kappa shape index (κ2) is 5.45. The van der Waals surface area contributed by atoms with Gasteiger partial charge in [-0.05, 0) is 52.1 Å². The molecule has 0 spiro atoms. The summed E-state index contributed by atoms with van der Waals surface area (Å²) < 4.78 is 2.47. The van der Waals surface area contributed by atoms with Crippen molar-refractivity contribution < 1.29 is 0 Å². The molecule has 4 rings (SSSR count). The molecule has 1 heterocycles. The van der Waals surface area contributed by atoms with Gasteiger partial charge in [0, 0.05) is 18.5 Å². The normalized spacial score (nSPS) is 18.6. The van der Waals surface area contributed by atoms with E-state index in [4.69, 9.17) is 0 Å². The molecule has 0 aliphatic heterocycles. The van der Waals surface area contributed by atoms with Gasteiger partial charge >= 0.3 is 0 Å². The molecule has 2 saturated carbocycles. The van der Waals surface area contributed by atoms with Gasteiger partial charge in [0.25, 0.3) is 0 Å². The summed E-state index contributed by atoms with van der Waals surface area (Å²) in [6, 6.07) is 11.3. The van der Waals surface area contributed by atoms with Gasteiger partial charge in [0.1, 0.15) is 5.82 Å². The van der Waals surface area contributed by atoms with Crippen LogP contribution in [-0.2, 0) is 12.1 Å². The minimum Gasteiger partial charge on any atom is -0.310 e. The Hall–Kier alpha value is -1.68. The highest BCUT2D eigenvalue weighted by atomic mass is 15.3. The molecule has 2 fully saturated rings.